The third-order valence-corrected chi connectivity index (χ3v) is 4.36. The van der Waals surface area contributed by atoms with Crippen molar-refractivity contribution in [3.05, 3.63) is 29.8 Å². The Hall–Kier alpha value is -0.980. The van der Waals surface area contributed by atoms with E-state index in [2.05, 4.69) is 12.1 Å². The molecule has 74 valence electrons. The number of rotatable bonds is 1. The van der Waals surface area contributed by atoms with Crippen LogP contribution in [0.15, 0.2) is 24.3 Å². The Morgan fingerprint density at radius 1 is 1.07 bits per heavy atom. The fourth-order valence-corrected chi connectivity index (χ4v) is 3.17. The molecule has 0 saturated heterocycles. The molecule has 2 aliphatic carbocycles. The molecule has 2 saturated carbocycles. The summed E-state index contributed by atoms with van der Waals surface area (Å²) in [5.74, 6) is 0.844. The summed E-state index contributed by atoms with van der Waals surface area (Å²) in [5.41, 5.74) is 8.82. The number of anilines is 1. The topological polar surface area (TPSA) is 26.0 Å². The van der Waals surface area contributed by atoms with Gasteiger partial charge in [-0.3, -0.25) is 0 Å². The van der Waals surface area contributed by atoms with Crippen molar-refractivity contribution >= 4 is 5.69 Å². The minimum Gasteiger partial charge on any atom is -0.399 e. The summed E-state index contributed by atoms with van der Waals surface area (Å²) in [4.78, 5) is 0. The quantitative estimate of drug-likeness (QED) is 0.671. The smallest absolute Gasteiger partial charge is 0.0314 e. The minimum absolute atomic E-state index is 0.718. The van der Waals surface area contributed by atoms with Crippen LogP contribution in [0.4, 0.5) is 5.69 Å². The summed E-state index contributed by atoms with van der Waals surface area (Å²) in [6.07, 6.45) is 7.22. The Bertz CT molecular complexity index is 329. The van der Waals surface area contributed by atoms with Crippen molar-refractivity contribution in [2.24, 2.45) is 5.41 Å². The van der Waals surface area contributed by atoms with E-state index < -0.39 is 0 Å². The second kappa shape index (κ2) is 2.75. The van der Waals surface area contributed by atoms with E-state index in [9.17, 15) is 0 Å². The minimum atomic E-state index is 0.718. The number of benzene rings is 1. The van der Waals surface area contributed by atoms with E-state index >= 15 is 0 Å². The molecule has 0 heterocycles. The van der Waals surface area contributed by atoms with Gasteiger partial charge in [-0.05, 0) is 54.7 Å². The average molecular weight is 187 g/mol. The van der Waals surface area contributed by atoms with E-state index in [0.717, 1.165) is 17.0 Å². The first kappa shape index (κ1) is 8.34. The van der Waals surface area contributed by atoms with Gasteiger partial charge in [0, 0.05) is 5.69 Å². The Morgan fingerprint density at radius 2 is 1.79 bits per heavy atom. The normalized spacial score (nSPS) is 28.1. The zero-order valence-corrected chi connectivity index (χ0v) is 8.50. The summed E-state index contributed by atoms with van der Waals surface area (Å²) in [5, 5.41) is 0. The molecule has 14 heavy (non-hydrogen) atoms. The molecule has 0 amide bonds. The molecule has 1 heteroatoms. The molecule has 2 fully saturated rings. The summed E-state index contributed by atoms with van der Waals surface area (Å²) in [7, 11) is 0. The summed E-state index contributed by atoms with van der Waals surface area (Å²) >= 11 is 0. The first-order valence-electron chi connectivity index (χ1n) is 5.66. The van der Waals surface area contributed by atoms with E-state index in [1.807, 2.05) is 12.1 Å². The molecule has 1 unspecified atom stereocenters. The van der Waals surface area contributed by atoms with E-state index in [1.165, 1.54) is 37.7 Å². The van der Waals surface area contributed by atoms with Gasteiger partial charge in [-0.2, -0.15) is 0 Å². The first-order valence-corrected chi connectivity index (χ1v) is 5.66. The molecule has 0 aliphatic heterocycles. The molecule has 2 aliphatic rings. The molecule has 1 aromatic carbocycles. The highest BCUT2D eigenvalue weighted by Crippen LogP contribution is 2.63. The van der Waals surface area contributed by atoms with Crippen molar-refractivity contribution in [3.63, 3.8) is 0 Å². The molecule has 2 N–H and O–H groups in total. The van der Waals surface area contributed by atoms with Crippen LogP contribution in [0, 0.1) is 5.41 Å². The molecule has 1 aromatic rings. The molecular weight excluding hydrogens is 170 g/mol. The van der Waals surface area contributed by atoms with E-state index in [1.54, 1.807) is 0 Å². The summed E-state index contributed by atoms with van der Waals surface area (Å²) in [6.45, 7) is 0. The number of hydrogen-bond donors (Lipinski definition) is 1. The van der Waals surface area contributed by atoms with E-state index in [4.69, 9.17) is 5.73 Å². The fraction of sp³-hybridized carbons (Fsp3) is 0.538. The van der Waals surface area contributed by atoms with Gasteiger partial charge in [-0.1, -0.05) is 18.6 Å². The number of hydrogen-bond acceptors (Lipinski definition) is 1. The van der Waals surface area contributed by atoms with Crippen molar-refractivity contribution in [3.8, 4) is 0 Å². The van der Waals surface area contributed by atoms with Gasteiger partial charge in [-0.15, -0.1) is 0 Å². The predicted octanol–water partition coefficient (Wildman–Crippen LogP) is 3.32. The van der Waals surface area contributed by atoms with Gasteiger partial charge in [0.15, 0.2) is 0 Å². The third-order valence-electron chi connectivity index (χ3n) is 4.36. The van der Waals surface area contributed by atoms with E-state index in [0.29, 0.717) is 0 Å². The maximum absolute atomic E-state index is 5.70. The van der Waals surface area contributed by atoms with Crippen molar-refractivity contribution < 1.29 is 0 Å². The van der Waals surface area contributed by atoms with Crippen molar-refractivity contribution in [2.75, 3.05) is 5.73 Å². The average Bonchev–Trinajstić information content (AvgIpc) is 2.04. The Labute approximate surface area is 85.3 Å². The summed E-state index contributed by atoms with van der Waals surface area (Å²) in [6, 6.07) is 8.53. The SMILES string of the molecule is Nc1ccc(C2CCC23CCC3)cc1. The van der Waals surface area contributed by atoms with Gasteiger partial charge in [0.25, 0.3) is 0 Å². The van der Waals surface area contributed by atoms with Crippen molar-refractivity contribution in [1.82, 2.24) is 0 Å². The van der Waals surface area contributed by atoms with Gasteiger partial charge in [0.2, 0.25) is 0 Å². The molecule has 0 radical (unpaired) electrons. The molecular formula is C13H17N. The van der Waals surface area contributed by atoms with Crippen LogP contribution in [0.5, 0.6) is 0 Å². The number of nitrogen functional groups attached to an aromatic ring is 1. The van der Waals surface area contributed by atoms with Crippen LogP contribution >= 0.6 is 0 Å². The van der Waals surface area contributed by atoms with Crippen LogP contribution in [0.2, 0.25) is 0 Å². The third kappa shape index (κ3) is 1.01. The van der Waals surface area contributed by atoms with Crippen LogP contribution in [-0.2, 0) is 0 Å². The lowest BCUT2D eigenvalue weighted by Crippen LogP contribution is -2.43. The second-order valence-electron chi connectivity index (χ2n) is 4.97. The highest BCUT2D eigenvalue weighted by atomic mass is 14.6. The monoisotopic (exact) mass is 187 g/mol. The largest absolute Gasteiger partial charge is 0.399 e. The van der Waals surface area contributed by atoms with Crippen LogP contribution in [-0.4, -0.2) is 0 Å². The van der Waals surface area contributed by atoms with Gasteiger partial charge in [0.05, 0.1) is 0 Å². The molecule has 0 aromatic heterocycles. The Kier molecular flexibility index (Phi) is 1.64. The molecule has 0 bridgehead atoms. The van der Waals surface area contributed by atoms with Crippen molar-refractivity contribution in [2.45, 2.75) is 38.0 Å². The summed E-state index contributed by atoms with van der Waals surface area (Å²) < 4.78 is 0. The van der Waals surface area contributed by atoms with Gasteiger partial charge < -0.3 is 5.73 Å². The maximum Gasteiger partial charge on any atom is 0.0314 e. The standard InChI is InChI=1S/C13H17N/c14-11-4-2-10(3-5-11)12-6-9-13(12)7-1-8-13/h2-5,12H,1,6-9,14H2. The van der Waals surface area contributed by atoms with Gasteiger partial charge >= 0.3 is 0 Å². The van der Waals surface area contributed by atoms with Gasteiger partial charge in [0.1, 0.15) is 0 Å². The molecule has 3 rings (SSSR count). The van der Waals surface area contributed by atoms with Crippen LogP contribution < -0.4 is 5.73 Å². The number of nitrogens with two attached hydrogens (primary N) is 1. The lowest BCUT2D eigenvalue weighted by Gasteiger charge is -2.56. The van der Waals surface area contributed by atoms with Gasteiger partial charge in [-0.25, -0.2) is 0 Å². The van der Waals surface area contributed by atoms with Crippen LogP contribution in [0.1, 0.15) is 43.6 Å². The highest BCUT2D eigenvalue weighted by Gasteiger charge is 2.50. The van der Waals surface area contributed by atoms with E-state index in [-0.39, 0.29) is 0 Å². The predicted molar refractivity (Wildman–Crippen MR) is 59.1 cm³/mol. The molecule has 1 spiro atoms. The maximum atomic E-state index is 5.70. The van der Waals surface area contributed by atoms with Crippen LogP contribution in [0.3, 0.4) is 0 Å². The highest BCUT2D eigenvalue weighted by molar-refractivity contribution is 5.41. The zero-order chi connectivity index (χ0) is 9.60. The molecule has 1 nitrogen and oxygen atoms in total. The lowest BCUT2D eigenvalue weighted by molar-refractivity contribution is -0.00197. The Balaban J connectivity index is 1.85. The van der Waals surface area contributed by atoms with Crippen molar-refractivity contribution in [1.29, 1.82) is 0 Å². The van der Waals surface area contributed by atoms with Crippen LogP contribution in [0.25, 0.3) is 0 Å². The lowest BCUT2D eigenvalue weighted by atomic mass is 9.48. The Morgan fingerprint density at radius 3 is 2.21 bits per heavy atom. The second-order valence-corrected chi connectivity index (χ2v) is 4.97. The zero-order valence-electron chi connectivity index (χ0n) is 8.50. The molecule has 1 atom stereocenters. The fourth-order valence-electron chi connectivity index (χ4n) is 3.17. The first-order chi connectivity index (χ1) is 6.80.